The number of anilines is 1. The number of nitrogens with one attached hydrogen (secondary N) is 2. The third-order valence-corrected chi connectivity index (χ3v) is 2.74. The maximum atomic E-state index is 11.1. The summed E-state index contributed by atoms with van der Waals surface area (Å²) in [4.78, 5) is 25.7. The van der Waals surface area contributed by atoms with E-state index in [0.29, 0.717) is 30.3 Å². The molecule has 0 saturated heterocycles. The van der Waals surface area contributed by atoms with Gasteiger partial charge < -0.3 is 15.7 Å². The molecule has 0 atom stereocenters. The number of hydrogen-bond acceptors (Lipinski definition) is 5. The fourth-order valence-corrected chi connectivity index (χ4v) is 1.93. The second kappa shape index (κ2) is 6.85. The van der Waals surface area contributed by atoms with E-state index in [-0.39, 0.29) is 12.3 Å². The Hall–Kier alpha value is -1.63. The van der Waals surface area contributed by atoms with E-state index in [1.54, 1.807) is 5.38 Å². The molecule has 0 aliphatic rings. The van der Waals surface area contributed by atoms with Crippen LogP contribution in [-0.2, 0) is 16.0 Å². The van der Waals surface area contributed by atoms with Crippen molar-refractivity contribution in [3.63, 3.8) is 0 Å². The highest BCUT2D eigenvalue weighted by Crippen LogP contribution is 2.15. The van der Waals surface area contributed by atoms with Gasteiger partial charge in [-0.3, -0.25) is 9.59 Å². The maximum Gasteiger partial charge on any atom is 0.309 e. The molecule has 94 valence electrons. The Balaban J connectivity index is 2.30. The predicted molar refractivity (Wildman–Crippen MR) is 65.2 cm³/mol. The van der Waals surface area contributed by atoms with Gasteiger partial charge in [0.25, 0.3) is 0 Å². The van der Waals surface area contributed by atoms with Crippen LogP contribution >= 0.6 is 11.3 Å². The second-order valence-corrected chi connectivity index (χ2v) is 4.20. The van der Waals surface area contributed by atoms with Gasteiger partial charge in [-0.15, -0.1) is 11.3 Å². The number of rotatable bonds is 7. The zero-order valence-electron chi connectivity index (χ0n) is 9.52. The summed E-state index contributed by atoms with van der Waals surface area (Å²) >= 11 is 1.34. The van der Waals surface area contributed by atoms with E-state index < -0.39 is 5.97 Å². The first kappa shape index (κ1) is 13.4. The fourth-order valence-electron chi connectivity index (χ4n) is 1.19. The van der Waals surface area contributed by atoms with Crippen molar-refractivity contribution in [2.45, 2.75) is 19.8 Å². The first-order valence-electron chi connectivity index (χ1n) is 5.28. The normalized spacial score (nSPS) is 9.94. The molecule has 1 rings (SSSR count). The van der Waals surface area contributed by atoms with Crippen LogP contribution in [0.4, 0.5) is 5.13 Å². The summed E-state index contributed by atoms with van der Waals surface area (Å²) < 4.78 is 0. The number of carboxylic acids is 1. The summed E-state index contributed by atoms with van der Waals surface area (Å²) in [5.41, 5.74) is 0.531. The van der Waals surface area contributed by atoms with Crippen LogP contribution in [0.25, 0.3) is 0 Å². The van der Waals surface area contributed by atoms with Crippen molar-refractivity contribution in [2.24, 2.45) is 0 Å². The van der Waals surface area contributed by atoms with E-state index >= 15 is 0 Å². The summed E-state index contributed by atoms with van der Waals surface area (Å²) in [6.07, 6.45) is 0.302. The van der Waals surface area contributed by atoms with E-state index in [1.807, 2.05) is 6.92 Å². The zero-order valence-corrected chi connectivity index (χ0v) is 10.3. The van der Waals surface area contributed by atoms with Crippen molar-refractivity contribution < 1.29 is 14.7 Å². The first-order valence-corrected chi connectivity index (χ1v) is 6.16. The van der Waals surface area contributed by atoms with E-state index in [1.165, 1.54) is 11.3 Å². The van der Waals surface area contributed by atoms with Gasteiger partial charge in [0.1, 0.15) is 0 Å². The van der Waals surface area contributed by atoms with Crippen molar-refractivity contribution in [3.8, 4) is 0 Å². The number of amides is 1. The number of nitrogens with zero attached hydrogens (tertiary/aromatic N) is 1. The van der Waals surface area contributed by atoms with E-state index in [2.05, 4.69) is 15.6 Å². The highest BCUT2D eigenvalue weighted by Gasteiger charge is 2.06. The second-order valence-electron chi connectivity index (χ2n) is 3.34. The number of hydrogen-bond donors (Lipinski definition) is 3. The Morgan fingerprint density at radius 2 is 2.29 bits per heavy atom. The van der Waals surface area contributed by atoms with Crippen LogP contribution in [0.15, 0.2) is 5.38 Å². The molecule has 1 heterocycles. The van der Waals surface area contributed by atoms with Gasteiger partial charge in [-0.2, -0.15) is 0 Å². The molecule has 0 bridgehead atoms. The highest BCUT2D eigenvalue weighted by atomic mass is 32.1. The molecule has 0 aliphatic heterocycles. The Kier molecular flexibility index (Phi) is 5.41. The molecule has 0 aromatic carbocycles. The Labute approximate surface area is 103 Å². The van der Waals surface area contributed by atoms with Gasteiger partial charge in [0.15, 0.2) is 5.13 Å². The standard InChI is InChI=1S/C10H15N3O3S/c1-2-11-8(14)3-4-12-10-13-7(6-17-10)5-9(15)16/h6H,2-5H2,1H3,(H,11,14)(H,12,13)(H,15,16). The molecule has 1 aromatic rings. The molecule has 0 saturated carbocycles. The van der Waals surface area contributed by atoms with Gasteiger partial charge in [0.05, 0.1) is 12.1 Å². The lowest BCUT2D eigenvalue weighted by Crippen LogP contribution is -2.24. The van der Waals surface area contributed by atoms with Gasteiger partial charge in [-0.05, 0) is 6.92 Å². The van der Waals surface area contributed by atoms with Crippen molar-refractivity contribution in [1.29, 1.82) is 0 Å². The van der Waals surface area contributed by atoms with Crippen molar-refractivity contribution in [1.82, 2.24) is 10.3 Å². The number of thiazole rings is 1. The molecule has 1 amide bonds. The van der Waals surface area contributed by atoms with Gasteiger partial charge in [-0.1, -0.05) is 0 Å². The minimum Gasteiger partial charge on any atom is -0.481 e. The molecule has 17 heavy (non-hydrogen) atoms. The summed E-state index contributed by atoms with van der Waals surface area (Å²) in [6, 6.07) is 0. The van der Waals surface area contributed by atoms with Gasteiger partial charge in [-0.25, -0.2) is 4.98 Å². The van der Waals surface area contributed by atoms with Gasteiger partial charge in [0.2, 0.25) is 5.91 Å². The number of aromatic nitrogens is 1. The molecule has 0 aliphatic carbocycles. The maximum absolute atomic E-state index is 11.1. The lowest BCUT2D eigenvalue weighted by molar-refractivity contribution is -0.136. The topological polar surface area (TPSA) is 91.3 Å². The van der Waals surface area contributed by atoms with Crippen LogP contribution in [0.5, 0.6) is 0 Å². The van der Waals surface area contributed by atoms with Crippen LogP contribution in [-0.4, -0.2) is 35.1 Å². The average Bonchev–Trinajstić information content (AvgIpc) is 2.65. The lowest BCUT2D eigenvalue weighted by atomic mass is 10.3. The van der Waals surface area contributed by atoms with Gasteiger partial charge in [0, 0.05) is 24.9 Å². The number of carbonyl (C=O) groups excluding carboxylic acids is 1. The largest absolute Gasteiger partial charge is 0.481 e. The molecule has 7 heteroatoms. The quantitative estimate of drug-likeness (QED) is 0.669. The average molecular weight is 257 g/mol. The molecule has 1 aromatic heterocycles. The van der Waals surface area contributed by atoms with Crippen LogP contribution in [0.3, 0.4) is 0 Å². The Morgan fingerprint density at radius 1 is 1.53 bits per heavy atom. The number of aliphatic carboxylic acids is 1. The smallest absolute Gasteiger partial charge is 0.309 e. The van der Waals surface area contributed by atoms with Crippen LogP contribution in [0.2, 0.25) is 0 Å². The number of carbonyl (C=O) groups is 2. The SMILES string of the molecule is CCNC(=O)CCNc1nc(CC(=O)O)cs1. The van der Waals surface area contributed by atoms with Crippen molar-refractivity contribution >= 4 is 28.3 Å². The molecular formula is C10H15N3O3S. The zero-order chi connectivity index (χ0) is 12.7. The van der Waals surface area contributed by atoms with Gasteiger partial charge >= 0.3 is 5.97 Å². The van der Waals surface area contributed by atoms with E-state index in [9.17, 15) is 9.59 Å². The molecule has 0 radical (unpaired) electrons. The van der Waals surface area contributed by atoms with E-state index in [4.69, 9.17) is 5.11 Å². The molecule has 0 spiro atoms. The van der Waals surface area contributed by atoms with Crippen LogP contribution < -0.4 is 10.6 Å². The first-order chi connectivity index (χ1) is 8.11. The summed E-state index contributed by atoms with van der Waals surface area (Å²) in [6.45, 7) is 2.98. The molecule has 6 nitrogen and oxygen atoms in total. The molecule has 0 unspecified atom stereocenters. The van der Waals surface area contributed by atoms with E-state index in [0.717, 1.165) is 0 Å². The van der Waals surface area contributed by atoms with Crippen LogP contribution in [0.1, 0.15) is 19.0 Å². The predicted octanol–water partition coefficient (Wildman–Crippen LogP) is 0.708. The minimum atomic E-state index is -0.899. The Bertz CT molecular complexity index is 392. The molecular weight excluding hydrogens is 242 g/mol. The fraction of sp³-hybridized carbons (Fsp3) is 0.500. The summed E-state index contributed by atoms with van der Waals surface area (Å²) in [5.74, 6) is -0.911. The van der Waals surface area contributed by atoms with Crippen LogP contribution in [0, 0.1) is 0 Å². The molecule has 0 fully saturated rings. The Morgan fingerprint density at radius 3 is 2.94 bits per heavy atom. The minimum absolute atomic E-state index is 0.0117. The highest BCUT2D eigenvalue weighted by molar-refractivity contribution is 7.13. The number of carboxylic acid groups (broad SMARTS) is 1. The third-order valence-electron chi connectivity index (χ3n) is 1.89. The molecule has 3 N–H and O–H groups in total. The summed E-state index contributed by atoms with van der Waals surface area (Å²) in [7, 11) is 0. The van der Waals surface area contributed by atoms with Crippen molar-refractivity contribution in [3.05, 3.63) is 11.1 Å². The monoisotopic (exact) mass is 257 g/mol. The third kappa shape index (κ3) is 5.30. The lowest BCUT2D eigenvalue weighted by Gasteiger charge is -2.02. The summed E-state index contributed by atoms with van der Waals surface area (Å²) in [5, 5.41) is 16.6. The van der Waals surface area contributed by atoms with Crippen molar-refractivity contribution in [2.75, 3.05) is 18.4 Å².